The Kier molecular flexibility index (Phi) is 22.6. The highest BCUT2D eigenvalue weighted by molar-refractivity contribution is 8.77. The summed E-state index contributed by atoms with van der Waals surface area (Å²) in [6.07, 6.45) is 1.09. The number of phosphoric acid groups is 1. The lowest BCUT2D eigenvalue weighted by Crippen LogP contribution is -2.32. The molecule has 15 nitrogen and oxygen atoms in total. The summed E-state index contributed by atoms with van der Waals surface area (Å²) in [5.74, 6) is 5.80. The number of phosphoric ester groups is 1. The standard InChI is InChI=1S/C30H49BN3O12PS4/c1-30(2,3)51-50-27(19-43-22-8-5-7-21(15-22)29(37)34-12-10-32)42-14-13-41-18-26(36)33-11-6-9-31-25-16-23(24(17-35)45-25)46-28(49-48-4)20-44-47(38,39)40/h5,7-8,15,23-25,27-28,31,35H,10-14,16-20,32H2,1-4H3,(H,33,36)(H,34,37)(H2,38,39,40)/t23-,24?,25-,27?,28-/m1/s1. The van der Waals surface area contributed by atoms with Gasteiger partial charge in [-0.1, -0.05) is 75.9 Å². The van der Waals surface area contributed by atoms with Gasteiger partial charge in [-0.25, -0.2) is 4.57 Å². The van der Waals surface area contributed by atoms with E-state index < -0.39 is 25.5 Å². The van der Waals surface area contributed by atoms with Crippen LogP contribution in [0, 0.1) is 11.7 Å². The molecule has 288 valence electrons. The Hall–Kier alpha value is -1.15. The van der Waals surface area contributed by atoms with Gasteiger partial charge < -0.3 is 54.9 Å². The molecule has 2 rings (SSSR count). The normalized spacial score (nSPS) is 18.7. The molecule has 1 heterocycles. The Labute approximate surface area is 316 Å². The minimum atomic E-state index is -4.65. The first-order chi connectivity index (χ1) is 24.2. The number of carbonyl (C=O) groups excluding carboxylic acids is 2. The third-order valence-corrected chi connectivity index (χ3v) is 12.2. The molecule has 0 bridgehead atoms. The number of carbonyl (C=O) groups is 2. The van der Waals surface area contributed by atoms with Gasteiger partial charge in [-0.2, -0.15) is 5.82 Å². The second-order valence-corrected chi connectivity index (χ2v) is 18.8. The van der Waals surface area contributed by atoms with Crippen LogP contribution in [0.15, 0.2) is 24.3 Å². The molecule has 2 amide bonds. The molecule has 1 aromatic carbocycles. The van der Waals surface area contributed by atoms with E-state index in [0.29, 0.717) is 38.1 Å². The number of hydrogen-bond donors (Lipinski definition) is 6. The molecule has 1 aromatic rings. The molecule has 0 aliphatic carbocycles. The van der Waals surface area contributed by atoms with Crippen molar-refractivity contribution in [1.82, 2.24) is 10.6 Å². The van der Waals surface area contributed by atoms with Gasteiger partial charge in [-0.05, 0) is 30.9 Å². The van der Waals surface area contributed by atoms with Gasteiger partial charge in [0.1, 0.15) is 35.9 Å². The van der Waals surface area contributed by atoms with E-state index in [4.69, 9.17) is 39.2 Å². The van der Waals surface area contributed by atoms with Crippen LogP contribution in [0.3, 0.4) is 0 Å². The highest BCUT2D eigenvalue weighted by Crippen LogP contribution is 2.40. The highest BCUT2D eigenvalue weighted by atomic mass is 33.1. The van der Waals surface area contributed by atoms with Crippen LogP contribution in [0.1, 0.15) is 37.6 Å². The number of nitrogens with one attached hydrogen (secondary N) is 2. The van der Waals surface area contributed by atoms with Crippen LogP contribution in [-0.4, -0.2) is 133 Å². The third kappa shape index (κ3) is 21.4. The predicted molar refractivity (Wildman–Crippen MR) is 205 cm³/mol. The maximum Gasteiger partial charge on any atom is 0.469 e. The molecule has 0 spiro atoms. The van der Waals surface area contributed by atoms with Gasteiger partial charge in [0.05, 0.1) is 39.1 Å². The van der Waals surface area contributed by atoms with Crippen LogP contribution in [0.25, 0.3) is 0 Å². The Bertz CT molecular complexity index is 1300. The molecule has 1 fully saturated rings. The number of amides is 2. The van der Waals surface area contributed by atoms with Gasteiger partial charge in [0.25, 0.3) is 5.91 Å². The fourth-order valence-corrected chi connectivity index (χ4v) is 8.21. The zero-order chi connectivity index (χ0) is 37.7. The van der Waals surface area contributed by atoms with Crippen molar-refractivity contribution in [2.24, 2.45) is 5.73 Å². The van der Waals surface area contributed by atoms with E-state index in [1.54, 1.807) is 41.3 Å². The van der Waals surface area contributed by atoms with E-state index in [1.807, 2.05) is 0 Å². The van der Waals surface area contributed by atoms with Gasteiger partial charge in [-0.15, -0.1) is 0 Å². The Morgan fingerprint density at radius 1 is 1.18 bits per heavy atom. The summed E-state index contributed by atoms with van der Waals surface area (Å²) in [4.78, 5) is 42.5. The first-order valence-corrected chi connectivity index (χ1v) is 22.4. The maximum absolute atomic E-state index is 12.3. The van der Waals surface area contributed by atoms with E-state index in [9.17, 15) is 19.3 Å². The monoisotopic (exact) mass is 813 g/mol. The average Bonchev–Trinajstić information content (AvgIpc) is 3.47. The second-order valence-electron chi connectivity index (χ2n) is 11.7. The molecule has 2 unspecified atom stereocenters. The molecule has 7 N–H and O–H groups in total. The first-order valence-electron chi connectivity index (χ1n) is 16.0. The molecule has 1 aliphatic rings. The summed E-state index contributed by atoms with van der Waals surface area (Å²) < 4.78 is 44.8. The fourth-order valence-electron chi connectivity index (χ4n) is 4.11. The molecule has 1 saturated heterocycles. The van der Waals surface area contributed by atoms with Crippen molar-refractivity contribution in [3.05, 3.63) is 29.8 Å². The summed E-state index contributed by atoms with van der Waals surface area (Å²) >= 11 is 0. The van der Waals surface area contributed by atoms with Gasteiger partial charge in [-0.3, -0.25) is 14.1 Å². The summed E-state index contributed by atoms with van der Waals surface area (Å²) in [6.45, 7) is 6.99. The molecule has 0 saturated carbocycles. The Balaban J connectivity index is 1.71. The SMILES string of the molecule is CSS[C@H](COP(=O)(O)O)O[C@@H]1C[C@H](BC#CCNC(=O)COCCOC(COc2cccc(C(=O)NCCN)c2)SSC(C)(C)C)OC1CO. The molecule has 51 heavy (non-hydrogen) atoms. The van der Waals surface area contributed by atoms with Crippen LogP contribution in [-0.2, 0) is 32.8 Å². The highest BCUT2D eigenvalue weighted by Gasteiger charge is 2.37. The van der Waals surface area contributed by atoms with Crippen molar-refractivity contribution in [2.75, 3.05) is 65.5 Å². The fraction of sp³-hybridized carbons (Fsp3) is 0.667. The van der Waals surface area contributed by atoms with Crippen molar-refractivity contribution in [3.8, 4) is 17.5 Å². The lowest BCUT2D eigenvalue weighted by molar-refractivity contribution is -0.126. The van der Waals surface area contributed by atoms with Crippen LogP contribution >= 0.6 is 51.0 Å². The number of aliphatic hydroxyl groups is 1. The van der Waals surface area contributed by atoms with Crippen LogP contribution in [0.2, 0.25) is 0 Å². The molecule has 0 aromatic heterocycles. The van der Waals surface area contributed by atoms with E-state index in [0.717, 1.165) is 0 Å². The zero-order valence-electron chi connectivity index (χ0n) is 29.1. The maximum atomic E-state index is 12.3. The molecule has 5 atom stereocenters. The predicted octanol–water partition coefficient (Wildman–Crippen LogP) is 1.75. The Morgan fingerprint density at radius 3 is 2.65 bits per heavy atom. The summed E-state index contributed by atoms with van der Waals surface area (Å²) in [5, 5.41) is 15.1. The number of rotatable bonds is 24. The lowest BCUT2D eigenvalue weighted by Gasteiger charge is -2.23. The van der Waals surface area contributed by atoms with E-state index in [1.165, 1.54) is 32.4 Å². The van der Waals surface area contributed by atoms with Crippen LogP contribution in [0.5, 0.6) is 5.75 Å². The average molecular weight is 814 g/mol. The smallest absolute Gasteiger partial charge is 0.469 e. The van der Waals surface area contributed by atoms with Crippen molar-refractivity contribution >= 4 is 70.1 Å². The van der Waals surface area contributed by atoms with E-state index in [-0.39, 0.29) is 74.2 Å². The Morgan fingerprint density at radius 2 is 1.96 bits per heavy atom. The number of benzene rings is 1. The summed E-state index contributed by atoms with van der Waals surface area (Å²) in [7, 11) is 1.47. The van der Waals surface area contributed by atoms with E-state index >= 15 is 0 Å². The first kappa shape index (κ1) is 46.0. The minimum Gasteiger partial charge on any atom is -0.490 e. The van der Waals surface area contributed by atoms with Gasteiger partial charge in [0.15, 0.2) is 0 Å². The van der Waals surface area contributed by atoms with Crippen molar-refractivity contribution in [3.63, 3.8) is 0 Å². The quantitative estimate of drug-likeness (QED) is 0.0219. The van der Waals surface area contributed by atoms with Crippen molar-refractivity contribution < 1.29 is 57.3 Å². The van der Waals surface area contributed by atoms with Gasteiger partial charge >= 0.3 is 7.82 Å². The van der Waals surface area contributed by atoms with Crippen LogP contribution in [0.4, 0.5) is 0 Å². The summed E-state index contributed by atoms with van der Waals surface area (Å²) in [5.41, 5.74) is 4.92. The van der Waals surface area contributed by atoms with Gasteiger partial charge in [0, 0.05) is 29.4 Å². The molecular formula is C30H49BN3O12PS4. The van der Waals surface area contributed by atoms with Gasteiger partial charge in [0.2, 0.25) is 13.2 Å². The van der Waals surface area contributed by atoms with Crippen molar-refractivity contribution in [1.29, 1.82) is 0 Å². The third-order valence-electron chi connectivity index (χ3n) is 6.28. The van der Waals surface area contributed by atoms with E-state index in [2.05, 4.69) is 47.7 Å². The largest absolute Gasteiger partial charge is 0.490 e. The molecular weight excluding hydrogens is 764 g/mol. The molecule has 0 radical (unpaired) electrons. The number of hydrogen-bond acceptors (Lipinski definition) is 15. The number of nitrogens with two attached hydrogens (primary N) is 1. The lowest BCUT2D eigenvalue weighted by atomic mass is 9.71. The zero-order valence-corrected chi connectivity index (χ0v) is 33.3. The summed E-state index contributed by atoms with van der Waals surface area (Å²) in [6, 6.07) is 6.55. The number of aliphatic hydroxyl groups excluding tert-OH is 1. The minimum absolute atomic E-state index is 0.0162. The second kappa shape index (κ2) is 25.0. The molecule has 21 heteroatoms. The van der Waals surface area contributed by atoms with Crippen molar-refractivity contribution in [2.45, 2.75) is 61.0 Å². The van der Waals surface area contributed by atoms with Crippen LogP contribution < -0.4 is 21.1 Å². The number of ether oxygens (including phenoxy) is 5. The topological polar surface area (TPSA) is 217 Å². The molecule has 1 aliphatic heterocycles.